The Labute approximate surface area is 125 Å². The van der Waals surface area contributed by atoms with Crippen LogP contribution in [-0.2, 0) is 9.53 Å². The Hall–Kier alpha value is -1.68. The molecule has 0 saturated carbocycles. The Kier molecular flexibility index (Phi) is 4.06. The second kappa shape index (κ2) is 5.98. The van der Waals surface area contributed by atoms with Crippen molar-refractivity contribution in [3.05, 3.63) is 35.9 Å². The number of benzene rings is 1. The molecule has 0 aromatic heterocycles. The number of ether oxygens (including phenoxy) is 1. The molecule has 2 aliphatic heterocycles. The normalized spacial score (nSPS) is 27.6. The van der Waals surface area contributed by atoms with Gasteiger partial charge in [0.2, 0.25) is 0 Å². The topological polar surface area (TPSA) is 46.6 Å². The van der Waals surface area contributed by atoms with Gasteiger partial charge >= 0.3 is 5.97 Å². The minimum absolute atomic E-state index is 0.0196. The fraction of sp³-hybridized carbons (Fsp3) is 0.529. The molecule has 0 N–H and O–H groups in total. The first-order chi connectivity index (χ1) is 10.1. The molecule has 2 saturated heterocycles. The molecule has 0 bridgehead atoms. The molecule has 4 heteroatoms. The van der Waals surface area contributed by atoms with Crippen LogP contribution in [0.5, 0.6) is 0 Å². The van der Waals surface area contributed by atoms with Gasteiger partial charge in [-0.1, -0.05) is 30.3 Å². The van der Waals surface area contributed by atoms with Crippen molar-refractivity contribution in [3.63, 3.8) is 0 Å². The summed E-state index contributed by atoms with van der Waals surface area (Å²) >= 11 is 0. The lowest BCUT2D eigenvalue weighted by atomic mass is 9.88. The van der Waals surface area contributed by atoms with Gasteiger partial charge in [-0.3, -0.25) is 14.5 Å². The summed E-state index contributed by atoms with van der Waals surface area (Å²) in [6, 6.07) is 9.38. The van der Waals surface area contributed by atoms with Crippen molar-refractivity contribution in [1.29, 1.82) is 0 Å². The Morgan fingerprint density at radius 1 is 1.19 bits per heavy atom. The SMILES string of the molecule is C[C@@H]1C[C@@H](N2CCC(C(=O)c3ccccc3)CC2)C(=O)O1. The minimum atomic E-state index is -0.104. The minimum Gasteiger partial charge on any atom is -0.461 e. The van der Waals surface area contributed by atoms with Gasteiger partial charge in [-0.25, -0.2) is 0 Å². The molecule has 2 fully saturated rings. The molecule has 1 aromatic rings. The Morgan fingerprint density at radius 2 is 1.86 bits per heavy atom. The molecule has 0 radical (unpaired) electrons. The number of ketones is 1. The fourth-order valence-electron chi connectivity index (χ4n) is 3.35. The highest BCUT2D eigenvalue weighted by atomic mass is 16.6. The largest absolute Gasteiger partial charge is 0.461 e. The molecule has 21 heavy (non-hydrogen) atoms. The fourth-order valence-corrected chi connectivity index (χ4v) is 3.35. The molecule has 0 spiro atoms. The number of hydrogen-bond donors (Lipinski definition) is 0. The van der Waals surface area contributed by atoms with E-state index in [2.05, 4.69) is 4.90 Å². The van der Waals surface area contributed by atoms with E-state index in [1.807, 2.05) is 37.3 Å². The van der Waals surface area contributed by atoms with Gasteiger partial charge in [0.05, 0.1) is 0 Å². The number of carbonyl (C=O) groups is 2. The van der Waals surface area contributed by atoms with Gasteiger partial charge in [0.1, 0.15) is 12.1 Å². The number of likely N-dealkylation sites (tertiary alicyclic amines) is 1. The van der Waals surface area contributed by atoms with E-state index in [1.165, 1.54) is 0 Å². The number of carbonyl (C=O) groups excluding carboxylic acids is 2. The Morgan fingerprint density at radius 3 is 2.43 bits per heavy atom. The quantitative estimate of drug-likeness (QED) is 0.632. The third kappa shape index (κ3) is 3.00. The molecule has 0 unspecified atom stereocenters. The van der Waals surface area contributed by atoms with Crippen LogP contribution in [0.3, 0.4) is 0 Å². The van der Waals surface area contributed by atoms with Crippen LogP contribution in [0, 0.1) is 5.92 Å². The number of piperidine rings is 1. The zero-order valence-corrected chi connectivity index (χ0v) is 12.3. The maximum Gasteiger partial charge on any atom is 0.323 e. The van der Waals surface area contributed by atoms with Gasteiger partial charge in [0.25, 0.3) is 0 Å². The summed E-state index contributed by atoms with van der Waals surface area (Å²) in [5.74, 6) is 0.214. The highest BCUT2D eigenvalue weighted by Crippen LogP contribution is 2.27. The van der Waals surface area contributed by atoms with E-state index in [0.29, 0.717) is 0 Å². The summed E-state index contributed by atoms with van der Waals surface area (Å²) in [4.78, 5) is 26.4. The van der Waals surface area contributed by atoms with Crippen LogP contribution in [0.15, 0.2) is 30.3 Å². The van der Waals surface area contributed by atoms with E-state index >= 15 is 0 Å². The van der Waals surface area contributed by atoms with E-state index in [0.717, 1.165) is 37.9 Å². The van der Waals surface area contributed by atoms with Crippen molar-refractivity contribution >= 4 is 11.8 Å². The highest BCUT2D eigenvalue weighted by Gasteiger charge is 2.38. The number of hydrogen-bond acceptors (Lipinski definition) is 4. The van der Waals surface area contributed by atoms with Crippen molar-refractivity contribution in [2.75, 3.05) is 13.1 Å². The van der Waals surface area contributed by atoms with Crippen LogP contribution in [0.25, 0.3) is 0 Å². The van der Waals surface area contributed by atoms with E-state index in [-0.39, 0.29) is 29.8 Å². The molecular formula is C17H21NO3. The summed E-state index contributed by atoms with van der Waals surface area (Å²) < 4.78 is 5.22. The summed E-state index contributed by atoms with van der Waals surface area (Å²) in [7, 11) is 0. The second-order valence-corrected chi connectivity index (χ2v) is 6.04. The van der Waals surface area contributed by atoms with Crippen LogP contribution in [0.4, 0.5) is 0 Å². The van der Waals surface area contributed by atoms with Crippen molar-refractivity contribution in [2.45, 2.75) is 38.3 Å². The standard InChI is InChI=1S/C17H21NO3/c1-12-11-15(17(20)21-12)18-9-7-14(8-10-18)16(19)13-5-3-2-4-6-13/h2-6,12,14-15H,7-11H2,1H3/t12-,15-/m1/s1. The summed E-state index contributed by atoms with van der Waals surface area (Å²) in [6.45, 7) is 3.54. The van der Waals surface area contributed by atoms with Crippen LogP contribution >= 0.6 is 0 Å². The van der Waals surface area contributed by atoms with Gasteiger partial charge in [-0.2, -0.15) is 0 Å². The predicted octanol–water partition coefficient (Wildman–Crippen LogP) is 2.29. The van der Waals surface area contributed by atoms with Gasteiger partial charge in [0.15, 0.2) is 5.78 Å². The highest BCUT2D eigenvalue weighted by molar-refractivity contribution is 5.97. The molecule has 2 heterocycles. The molecule has 2 aliphatic rings. The van der Waals surface area contributed by atoms with Crippen LogP contribution in [0.1, 0.15) is 36.5 Å². The van der Waals surface area contributed by atoms with Crippen molar-refractivity contribution in [3.8, 4) is 0 Å². The Balaban J connectivity index is 1.58. The first-order valence-electron chi connectivity index (χ1n) is 7.69. The number of esters is 1. The van der Waals surface area contributed by atoms with Crippen LogP contribution in [0.2, 0.25) is 0 Å². The second-order valence-electron chi connectivity index (χ2n) is 6.04. The van der Waals surface area contributed by atoms with Crippen molar-refractivity contribution in [1.82, 2.24) is 4.90 Å². The number of rotatable bonds is 3. The predicted molar refractivity (Wildman–Crippen MR) is 79.0 cm³/mol. The average Bonchev–Trinajstić information content (AvgIpc) is 2.86. The van der Waals surface area contributed by atoms with Gasteiger partial charge in [-0.05, 0) is 32.9 Å². The van der Waals surface area contributed by atoms with E-state index in [9.17, 15) is 9.59 Å². The van der Waals surface area contributed by atoms with E-state index in [1.54, 1.807) is 0 Å². The van der Waals surface area contributed by atoms with Gasteiger partial charge < -0.3 is 4.74 Å². The lowest BCUT2D eigenvalue weighted by molar-refractivity contribution is -0.145. The van der Waals surface area contributed by atoms with E-state index < -0.39 is 0 Å². The van der Waals surface area contributed by atoms with Crippen LogP contribution in [-0.4, -0.2) is 41.9 Å². The summed E-state index contributed by atoms with van der Waals surface area (Å²) in [5.41, 5.74) is 0.796. The van der Waals surface area contributed by atoms with Crippen molar-refractivity contribution < 1.29 is 14.3 Å². The lowest BCUT2D eigenvalue weighted by Crippen LogP contribution is -2.44. The maximum atomic E-state index is 12.4. The molecule has 0 amide bonds. The van der Waals surface area contributed by atoms with Gasteiger partial charge in [0, 0.05) is 17.9 Å². The first-order valence-corrected chi connectivity index (χ1v) is 7.69. The zero-order valence-electron chi connectivity index (χ0n) is 12.3. The summed E-state index contributed by atoms with van der Waals surface area (Å²) in [5, 5.41) is 0. The Bertz CT molecular complexity index is 520. The lowest BCUT2D eigenvalue weighted by Gasteiger charge is -2.33. The number of Topliss-reactive ketones (excluding diaryl/α,β-unsaturated/α-hetero) is 1. The molecule has 2 atom stereocenters. The zero-order chi connectivity index (χ0) is 14.8. The van der Waals surface area contributed by atoms with Crippen molar-refractivity contribution in [2.24, 2.45) is 5.92 Å². The third-order valence-electron chi connectivity index (χ3n) is 4.54. The number of cyclic esters (lactones) is 1. The first kappa shape index (κ1) is 14.3. The summed E-state index contributed by atoms with van der Waals surface area (Å²) in [6.07, 6.45) is 2.44. The number of nitrogens with zero attached hydrogens (tertiary/aromatic N) is 1. The van der Waals surface area contributed by atoms with Gasteiger partial charge in [-0.15, -0.1) is 0 Å². The van der Waals surface area contributed by atoms with E-state index in [4.69, 9.17) is 4.74 Å². The molecule has 0 aliphatic carbocycles. The monoisotopic (exact) mass is 287 g/mol. The smallest absolute Gasteiger partial charge is 0.323 e. The third-order valence-corrected chi connectivity index (χ3v) is 4.54. The molecule has 3 rings (SSSR count). The molecule has 1 aromatic carbocycles. The van der Waals surface area contributed by atoms with Crippen LogP contribution < -0.4 is 0 Å². The molecule has 112 valence electrons. The molecule has 4 nitrogen and oxygen atoms in total. The molecular weight excluding hydrogens is 266 g/mol. The maximum absolute atomic E-state index is 12.4. The average molecular weight is 287 g/mol.